The molecule has 32 heavy (non-hydrogen) atoms. The van der Waals surface area contributed by atoms with E-state index in [9.17, 15) is 23.3 Å². The van der Waals surface area contributed by atoms with Gasteiger partial charge in [0.25, 0.3) is 11.6 Å². The third-order valence-electron chi connectivity index (χ3n) is 4.82. The van der Waals surface area contributed by atoms with Gasteiger partial charge < -0.3 is 5.32 Å². The first-order chi connectivity index (χ1) is 15.2. The van der Waals surface area contributed by atoms with Crippen LogP contribution in [0.2, 0.25) is 0 Å². The highest BCUT2D eigenvalue weighted by atomic mass is 32.2. The molecule has 1 amide bonds. The average molecular weight is 458 g/mol. The van der Waals surface area contributed by atoms with Gasteiger partial charge in [0.2, 0.25) is 10.0 Å². The molecule has 0 aliphatic carbocycles. The molecule has 0 saturated carbocycles. The molecule has 0 atom stereocenters. The Bertz CT molecular complexity index is 1250. The second-order valence-electron chi connectivity index (χ2n) is 6.93. The number of aromatic nitrogens is 2. The first-order valence-electron chi connectivity index (χ1n) is 9.90. The first-order valence-corrected chi connectivity index (χ1v) is 11.3. The first kappa shape index (κ1) is 23.1. The molecule has 1 N–H and O–H groups in total. The SMILES string of the molecule is CCN(CC)S(=O)(=O)c1cccc(C(=O)Nc2cc(C)nn2-c2ccc([N+](=O)[O-])cc2)c1. The minimum atomic E-state index is -3.71. The Morgan fingerprint density at radius 3 is 2.38 bits per heavy atom. The maximum Gasteiger partial charge on any atom is 0.269 e. The van der Waals surface area contributed by atoms with Crippen molar-refractivity contribution in [2.24, 2.45) is 0 Å². The van der Waals surface area contributed by atoms with E-state index in [0.29, 0.717) is 30.3 Å². The molecule has 3 aromatic rings. The predicted octanol–water partition coefficient (Wildman–Crippen LogP) is 3.37. The van der Waals surface area contributed by atoms with E-state index in [4.69, 9.17) is 0 Å². The number of nitro benzene ring substituents is 1. The largest absolute Gasteiger partial charge is 0.306 e. The van der Waals surface area contributed by atoms with Gasteiger partial charge in [-0.3, -0.25) is 14.9 Å². The lowest BCUT2D eigenvalue weighted by Crippen LogP contribution is -2.30. The minimum Gasteiger partial charge on any atom is -0.306 e. The lowest BCUT2D eigenvalue weighted by Gasteiger charge is -2.18. The lowest BCUT2D eigenvalue weighted by molar-refractivity contribution is -0.384. The van der Waals surface area contributed by atoms with Crippen molar-refractivity contribution in [3.05, 3.63) is 76.0 Å². The third-order valence-corrected chi connectivity index (χ3v) is 6.86. The highest BCUT2D eigenvalue weighted by Crippen LogP contribution is 2.22. The number of nitro groups is 1. The van der Waals surface area contributed by atoms with Crippen LogP contribution in [0.5, 0.6) is 0 Å². The molecule has 0 radical (unpaired) electrons. The van der Waals surface area contributed by atoms with E-state index in [2.05, 4.69) is 10.4 Å². The molecular weight excluding hydrogens is 434 g/mol. The summed E-state index contributed by atoms with van der Waals surface area (Å²) in [6, 6.07) is 13.2. The van der Waals surface area contributed by atoms with Gasteiger partial charge in [-0.2, -0.15) is 9.40 Å². The number of anilines is 1. The van der Waals surface area contributed by atoms with E-state index in [0.717, 1.165) is 0 Å². The number of benzene rings is 2. The Morgan fingerprint density at radius 2 is 1.78 bits per heavy atom. The van der Waals surface area contributed by atoms with Gasteiger partial charge in [-0.05, 0) is 37.3 Å². The van der Waals surface area contributed by atoms with Gasteiger partial charge in [0.15, 0.2) is 0 Å². The Morgan fingerprint density at radius 1 is 1.12 bits per heavy atom. The molecule has 0 saturated heterocycles. The van der Waals surface area contributed by atoms with Crippen molar-refractivity contribution in [2.45, 2.75) is 25.7 Å². The van der Waals surface area contributed by atoms with Gasteiger partial charge in [-0.25, -0.2) is 13.1 Å². The van der Waals surface area contributed by atoms with E-state index < -0.39 is 20.9 Å². The van der Waals surface area contributed by atoms with Gasteiger partial charge in [-0.1, -0.05) is 19.9 Å². The molecule has 0 aliphatic rings. The van der Waals surface area contributed by atoms with E-state index in [1.807, 2.05) is 0 Å². The summed E-state index contributed by atoms with van der Waals surface area (Å²) in [7, 11) is -3.71. The van der Waals surface area contributed by atoms with Crippen LogP contribution in [0.4, 0.5) is 11.5 Å². The fraction of sp³-hybridized carbons (Fsp3) is 0.238. The Balaban J connectivity index is 1.90. The number of nitrogens with zero attached hydrogens (tertiary/aromatic N) is 4. The molecule has 1 heterocycles. The third kappa shape index (κ3) is 4.68. The highest BCUT2D eigenvalue weighted by molar-refractivity contribution is 7.89. The molecule has 2 aromatic carbocycles. The molecule has 3 rings (SSSR count). The number of hydrogen-bond acceptors (Lipinski definition) is 6. The summed E-state index contributed by atoms with van der Waals surface area (Å²) in [6.45, 7) is 5.89. The summed E-state index contributed by atoms with van der Waals surface area (Å²) in [5.74, 6) is -0.164. The predicted molar refractivity (Wildman–Crippen MR) is 119 cm³/mol. The highest BCUT2D eigenvalue weighted by Gasteiger charge is 2.23. The quantitative estimate of drug-likeness (QED) is 0.408. The second kappa shape index (κ2) is 9.28. The zero-order chi connectivity index (χ0) is 23.5. The number of sulfonamides is 1. The van der Waals surface area contributed by atoms with Crippen LogP contribution in [-0.2, 0) is 10.0 Å². The van der Waals surface area contributed by atoms with E-state index in [1.54, 1.807) is 26.8 Å². The number of non-ortho nitro benzene ring substituents is 1. The summed E-state index contributed by atoms with van der Waals surface area (Å²) < 4.78 is 28.3. The summed E-state index contributed by atoms with van der Waals surface area (Å²) in [4.78, 5) is 23.3. The number of rotatable bonds is 8. The zero-order valence-corrected chi connectivity index (χ0v) is 18.7. The molecule has 1 aromatic heterocycles. The number of amides is 1. The van der Waals surface area contributed by atoms with E-state index in [1.165, 1.54) is 57.5 Å². The van der Waals surface area contributed by atoms with E-state index in [-0.39, 0.29) is 16.1 Å². The van der Waals surface area contributed by atoms with Gasteiger partial charge in [0.05, 0.1) is 21.2 Å². The number of hydrogen-bond donors (Lipinski definition) is 1. The minimum absolute atomic E-state index is 0.0360. The van der Waals surface area contributed by atoms with Crippen molar-refractivity contribution in [3.8, 4) is 5.69 Å². The normalized spacial score (nSPS) is 11.5. The van der Waals surface area contributed by atoms with Crippen molar-refractivity contribution in [1.29, 1.82) is 0 Å². The van der Waals surface area contributed by atoms with Crippen LogP contribution in [0.15, 0.2) is 59.5 Å². The van der Waals surface area contributed by atoms with Crippen molar-refractivity contribution in [2.75, 3.05) is 18.4 Å². The Labute approximate surface area is 185 Å². The average Bonchev–Trinajstić information content (AvgIpc) is 3.14. The molecule has 0 fully saturated rings. The standard InChI is InChI=1S/C21H23N5O5S/c1-4-24(5-2)32(30,31)19-8-6-7-16(14-19)21(27)22-20-13-15(3)23-25(20)17-9-11-18(12-10-17)26(28)29/h6-14H,4-5H2,1-3H3,(H,22,27). The summed E-state index contributed by atoms with van der Waals surface area (Å²) in [5.41, 5.74) is 1.26. The zero-order valence-electron chi connectivity index (χ0n) is 17.8. The van der Waals surface area contributed by atoms with Crippen LogP contribution in [0.3, 0.4) is 0 Å². The molecule has 0 bridgehead atoms. The fourth-order valence-corrected chi connectivity index (χ4v) is 4.70. The smallest absolute Gasteiger partial charge is 0.269 e. The van der Waals surface area contributed by atoms with Crippen molar-refractivity contribution in [3.63, 3.8) is 0 Å². The van der Waals surface area contributed by atoms with Crippen molar-refractivity contribution in [1.82, 2.24) is 14.1 Å². The van der Waals surface area contributed by atoms with E-state index >= 15 is 0 Å². The van der Waals surface area contributed by atoms with Gasteiger partial charge in [-0.15, -0.1) is 0 Å². The van der Waals surface area contributed by atoms with Crippen LogP contribution in [-0.4, -0.2) is 46.4 Å². The van der Waals surface area contributed by atoms with Crippen molar-refractivity contribution >= 4 is 27.4 Å². The Kier molecular flexibility index (Phi) is 6.70. The molecule has 10 nitrogen and oxygen atoms in total. The topological polar surface area (TPSA) is 127 Å². The monoisotopic (exact) mass is 457 g/mol. The molecule has 0 aliphatic heterocycles. The summed E-state index contributed by atoms with van der Waals surface area (Å²) in [5, 5.41) is 18.0. The molecule has 0 spiro atoms. The molecular formula is C21H23N5O5S. The van der Waals surface area contributed by atoms with Crippen LogP contribution in [0.25, 0.3) is 5.69 Å². The van der Waals surface area contributed by atoms with Gasteiger partial charge in [0, 0.05) is 36.9 Å². The molecule has 168 valence electrons. The second-order valence-corrected chi connectivity index (χ2v) is 8.87. The molecule has 11 heteroatoms. The fourth-order valence-electron chi connectivity index (χ4n) is 3.20. The van der Waals surface area contributed by atoms with Crippen LogP contribution in [0.1, 0.15) is 29.9 Å². The maximum atomic E-state index is 12.9. The Hall–Kier alpha value is -3.57. The maximum absolute atomic E-state index is 12.9. The summed E-state index contributed by atoms with van der Waals surface area (Å²) >= 11 is 0. The van der Waals surface area contributed by atoms with Gasteiger partial charge in [0.1, 0.15) is 5.82 Å². The van der Waals surface area contributed by atoms with Crippen LogP contribution in [0, 0.1) is 17.0 Å². The summed E-state index contributed by atoms with van der Waals surface area (Å²) in [6.07, 6.45) is 0. The van der Waals surface area contributed by atoms with Crippen LogP contribution >= 0.6 is 0 Å². The van der Waals surface area contributed by atoms with Gasteiger partial charge >= 0.3 is 0 Å². The molecule has 0 unspecified atom stereocenters. The number of carbonyl (C=O) groups excluding carboxylic acids is 1. The number of carbonyl (C=O) groups is 1. The number of aryl methyl sites for hydroxylation is 1. The van der Waals surface area contributed by atoms with Crippen LogP contribution < -0.4 is 5.32 Å². The number of nitrogens with one attached hydrogen (secondary N) is 1. The lowest BCUT2D eigenvalue weighted by atomic mass is 10.2. The van der Waals surface area contributed by atoms with Crippen molar-refractivity contribution < 1.29 is 18.1 Å².